The largest absolute Gasteiger partial charge is 0.496 e. The Morgan fingerprint density at radius 1 is 1.40 bits per heavy atom. The predicted octanol–water partition coefficient (Wildman–Crippen LogP) is 2.73. The van der Waals surface area contributed by atoms with Gasteiger partial charge in [-0.15, -0.1) is 0 Å². The number of aryl methyl sites for hydroxylation is 1. The van der Waals surface area contributed by atoms with Gasteiger partial charge in [-0.3, -0.25) is 0 Å². The molecule has 1 aromatic carbocycles. The molecule has 0 aromatic heterocycles. The van der Waals surface area contributed by atoms with Crippen LogP contribution in [0.15, 0.2) is 12.1 Å². The second-order valence-corrected chi connectivity index (χ2v) is 6.24. The van der Waals surface area contributed by atoms with Gasteiger partial charge in [0, 0.05) is 21.3 Å². The topological polar surface area (TPSA) is 43.4 Å². The standard InChI is InChI=1S/C9H10Cl2O3S/c1-6-3-4-8(10)7(9(6)14-2)5-15(11,12)13/h3-4H,5H2,1-2H3. The summed E-state index contributed by atoms with van der Waals surface area (Å²) in [5.74, 6) is 0.129. The molecular weight excluding hydrogens is 259 g/mol. The Bertz CT molecular complexity index is 468. The fourth-order valence-corrected chi connectivity index (χ4v) is 2.57. The zero-order chi connectivity index (χ0) is 11.6. The van der Waals surface area contributed by atoms with Crippen molar-refractivity contribution in [2.45, 2.75) is 12.7 Å². The Kier molecular flexibility index (Phi) is 3.87. The average molecular weight is 269 g/mol. The van der Waals surface area contributed by atoms with Crippen LogP contribution in [-0.2, 0) is 14.8 Å². The minimum atomic E-state index is -3.64. The first-order valence-corrected chi connectivity index (χ1v) is 6.95. The van der Waals surface area contributed by atoms with Crippen LogP contribution in [0.2, 0.25) is 5.02 Å². The van der Waals surface area contributed by atoms with Crippen molar-refractivity contribution in [3.8, 4) is 5.75 Å². The van der Waals surface area contributed by atoms with E-state index in [-0.39, 0.29) is 5.75 Å². The molecule has 0 atom stereocenters. The van der Waals surface area contributed by atoms with Crippen LogP contribution >= 0.6 is 22.3 Å². The van der Waals surface area contributed by atoms with E-state index in [9.17, 15) is 8.42 Å². The number of hydrogen-bond donors (Lipinski definition) is 0. The summed E-state index contributed by atoms with van der Waals surface area (Å²) in [6.07, 6.45) is 0. The van der Waals surface area contributed by atoms with Crippen molar-refractivity contribution < 1.29 is 13.2 Å². The summed E-state index contributed by atoms with van der Waals surface area (Å²) in [5, 5.41) is 0.335. The molecule has 0 radical (unpaired) electrons. The lowest BCUT2D eigenvalue weighted by Crippen LogP contribution is -2.01. The molecule has 0 unspecified atom stereocenters. The van der Waals surface area contributed by atoms with E-state index in [1.165, 1.54) is 7.11 Å². The molecule has 0 N–H and O–H groups in total. The van der Waals surface area contributed by atoms with Crippen molar-refractivity contribution in [2.75, 3.05) is 7.11 Å². The van der Waals surface area contributed by atoms with E-state index < -0.39 is 9.05 Å². The smallest absolute Gasteiger partial charge is 0.236 e. The lowest BCUT2D eigenvalue weighted by molar-refractivity contribution is 0.408. The molecule has 0 bridgehead atoms. The van der Waals surface area contributed by atoms with Gasteiger partial charge in [-0.05, 0) is 18.6 Å². The summed E-state index contributed by atoms with van der Waals surface area (Å²) in [5.41, 5.74) is 1.21. The van der Waals surface area contributed by atoms with Crippen molar-refractivity contribution in [2.24, 2.45) is 0 Å². The molecule has 0 aliphatic heterocycles. The normalized spacial score (nSPS) is 11.5. The van der Waals surface area contributed by atoms with Crippen LogP contribution in [0.3, 0.4) is 0 Å². The van der Waals surface area contributed by atoms with Crippen molar-refractivity contribution in [1.29, 1.82) is 0 Å². The summed E-state index contributed by atoms with van der Waals surface area (Å²) < 4.78 is 27.1. The molecule has 0 amide bonds. The third kappa shape index (κ3) is 3.26. The number of ether oxygens (including phenoxy) is 1. The summed E-state index contributed by atoms with van der Waals surface area (Å²) in [4.78, 5) is 0. The van der Waals surface area contributed by atoms with Crippen LogP contribution in [0.4, 0.5) is 0 Å². The third-order valence-electron chi connectivity index (χ3n) is 1.92. The minimum Gasteiger partial charge on any atom is -0.496 e. The highest BCUT2D eigenvalue weighted by Crippen LogP contribution is 2.32. The van der Waals surface area contributed by atoms with Gasteiger partial charge in [0.05, 0.1) is 12.9 Å². The first kappa shape index (κ1) is 12.6. The summed E-state index contributed by atoms with van der Waals surface area (Å²) in [7, 11) is 3.00. The van der Waals surface area contributed by atoms with E-state index in [4.69, 9.17) is 27.0 Å². The summed E-state index contributed by atoms with van der Waals surface area (Å²) >= 11 is 5.88. The van der Waals surface area contributed by atoms with E-state index in [2.05, 4.69) is 0 Å². The molecule has 1 rings (SSSR count). The highest BCUT2D eigenvalue weighted by atomic mass is 35.7. The van der Waals surface area contributed by atoms with E-state index in [1.807, 2.05) is 0 Å². The predicted molar refractivity (Wildman–Crippen MR) is 61.2 cm³/mol. The Hall–Kier alpha value is -0.450. The van der Waals surface area contributed by atoms with E-state index in [1.54, 1.807) is 19.1 Å². The quantitative estimate of drug-likeness (QED) is 0.792. The fourth-order valence-electron chi connectivity index (χ4n) is 1.31. The molecule has 0 heterocycles. The van der Waals surface area contributed by atoms with Gasteiger partial charge < -0.3 is 4.74 Å². The zero-order valence-corrected chi connectivity index (χ0v) is 10.6. The van der Waals surface area contributed by atoms with Crippen LogP contribution < -0.4 is 4.74 Å². The van der Waals surface area contributed by atoms with Gasteiger partial charge in [-0.25, -0.2) is 8.42 Å². The second kappa shape index (κ2) is 4.60. The van der Waals surface area contributed by atoms with Gasteiger partial charge in [0.25, 0.3) is 0 Å². The lowest BCUT2D eigenvalue weighted by atomic mass is 10.1. The second-order valence-electron chi connectivity index (χ2n) is 3.06. The molecule has 84 valence electrons. The van der Waals surface area contributed by atoms with Gasteiger partial charge in [0.15, 0.2) is 0 Å². The Morgan fingerprint density at radius 2 is 2.00 bits per heavy atom. The van der Waals surface area contributed by atoms with Crippen molar-refractivity contribution in [1.82, 2.24) is 0 Å². The van der Waals surface area contributed by atoms with Gasteiger partial charge >= 0.3 is 0 Å². The molecule has 3 nitrogen and oxygen atoms in total. The Balaban J connectivity index is 3.32. The summed E-state index contributed by atoms with van der Waals surface area (Å²) in [6, 6.07) is 3.38. The maximum Gasteiger partial charge on any atom is 0.236 e. The molecule has 0 saturated heterocycles. The molecule has 6 heteroatoms. The van der Waals surface area contributed by atoms with E-state index >= 15 is 0 Å². The van der Waals surface area contributed by atoms with Crippen LogP contribution in [0.1, 0.15) is 11.1 Å². The number of methoxy groups -OCH3 is 1. The van der Waals surface area contributed by atoms with Gasteiger partial charge in [0.1, 0.15) is 5.75 Å². The van der Waals surface area contributed by atoms with Crippen molar-refractivity contribution in [3.63, 3.8) is 0 Å². The molecular formula is C9H10Cl2O3S. The lowest BCUT2D eigenvalue weighted by Gasteiger charge is -2.11. The zero-order valence-electron chi connectivity index (χ0n) is 8.25. The van der Waals surface area contributed by atoms with Gasteiger partial charge in [0.2, 0.25) is 9.05 Å². The van der Waals surface area contributed by atoms with Gasteiger partial charge in [-0.2, -0.15) is 0 Å². The molecule has 15 heavy (non-hydrogen) atoms. The Labute approximate surface area is 98.4 Å². The summed E-state index contributed by atoms with van der Waals surface area (Å²) in [6.45, 7) is 1.81. The number of rotatable bonds is 3. The van der Waals surface area contributed by atoms with Crippen LogP contribution in [0.5, 0.6) is 5.75 Å². The van der Waals surface area contributed by atoms with Crippen molar-refractivity contribution in [3.05, 3.63) is 28.3 Å². The number of benzene rings is 1. The van der Waals surface area contributed by atoms with Crippen molar-refractivity contribution >= 4 is 31.3 Å². The average Bonchev–Trinajstić information content (AvgIpc) is 2.10. The Morgan fingerprint density at radius 3 is 2.47 bits per heavy atom. The highest BCUT2D eigenvalue weighted by Gasteiger charge is 2.17. The first-order chi connectivity index (χ1) is 6.85. The minimum absolute atomic E-state index is 0.335. The SMILES string of the molecule is COc1c(C)ccc(Cl)c1CS(=O)(=O)Cl. The molecule has 0 spiro atoms. The molecule has 0 aliphatic rings. The van der Waals surface area contributed by atoms with E-state index in [0.29, 0.717) is 16.3 Å². The monoisotopic (exact) mass is 268 g/mol. The first-order valence-electron chi connectivity index (χ1n) is 4.09. The van der Waals surface area contributed by atoms with Gasteiger partial charge in [-0.1, -0.05) is 17.7 Å². The fraction of sp³-hybridized carbons (Fsp3) is 0.333. The number of hydrogen-bond acceptors (Lipinski definition) is 3. The maximum absolute atomic E-state index is 11.0. The molecule has 1 aromatic rings. The highest BCUT2D eigenvalue weighted by molar-refractivity contribution is 8.13. The van der Waals surface area contributed by atoms with Crippen LogP contribution in [-0.4, -0.2) is 15.5 Å². The molecule has 0 fully saturated rings. The molecule has 0 aliphatic carbocycles. The maximum atomic E-state index is 11.0. The number of halogens is 2. The third-order valence-corrected chi connectivity index (χ3v) is 3.24. The van der Waals surface area contributed by atoms with Crippen LogP contribution in [0, 0.1) is 6.92 Å². The van der Waals surface area contributed by atoms with Crippen LogP contribution in [0.25, 0.3) is 0 Å². The molecule has 0 saturated carbocycles. The van der Waals surface area contributed by atoms with E-state index in [0.717, 1.165) is 5.56 Å².